The number of sulfonamides is 1. The van der Waals surface area contributed by atoms with Gasteiger partial charge in [-0.1, -0.05) is 30.7 Å². The van der Waals surface area contributed by atoms with E-state index in [2.05, 4.69) is 10.6 Å². The number of rotatable bonds is 8. The van der Waals surface area contributed by atoms with Crippen molar-refractivity contribution in [3.05, 3.63) is 59.2 Å². The minimum atomic E-state index is -3.65. The molecule has 8 nitrogen and oxygen atoms in total. The Morgan fingerprint density at radius 1 is 1.06 bits per heavy atom. The SMILES string of the molecule is COc1cccc(CNC(=O)C(=O)NCC[C@@H]2CCCCN2S(=O)(=O)c2cc(C)ccc2C)c1. The Hall–Kier alpha value is -2.91. The van der Waals surface area contributed by atoms with Crippen molar-refractivity contribution < 1.29 is 22.7 Å². The van der Waals surface area contributed by atoms with E-state index in [1.54, 1.807) is 36.5 Å². The summed E-state index contributed by atoms with van der Waals surface area (Å²) in [5.41, 5.74) is 2.43. The van der Waals surface area contributed by atoms with Crippen LogP contribution in [0.4, 0.5) is 0 Å². The first-order valence-electron chi connectivity index (χ1n) is 11.5. The lowest BCUT2D eigenvalue weighted by molar-refractivity contribution is -0.139. The monoisotopic (exact) mass is 487 g/mol. The van der Waals surface area contributed by atoms with Gasteiger partial charge in [0.25, 0.3) is 0 Å². The number of hydrogen-bond donors (Lipinski definition) is 2. The fraction of sp³-hybridized carbons (Fsp3) is 0.440. The zero-order chi connectivity index (χ0) is 24.7. The highest BCUT2D eigenvalue weighted by molar-refractivity contribution is 7.89. The van der Waals surface area contributed by atoms with Crippen molar-refractivity contribution in [2.24, 2.45) is 0 Å². The molecule has 1 aliphatic heterocycles. The normalized spacial score (nSPS) is 16.6. The van der Waals surface area contributed by atoms with Gasteiger partial charge in [-0.05, 0) is 68.0 Å². The van der Waals surface area contributed by atoms with Gasteiger partial charge < -0.3 is 15.4 Å². The van der Waals surface area contributed by atoms with Crippen molar-refractivity contribution in [2.45, 2.75) is 57.0 Å². The van der Waals surface area contributed by atoms with Gasteiger partial charge in [-0.3, -0.25) is 9.59 Å². The highest BCUT2D eigenvalue weighted by Gasteiger charge is 2.34. The molecule has 1 heterocycles. The number of carbonyl (C=O) groups excluding carboxylic acids is 2. The molecule has 0 bridgehead atoms. The average Bonchev–Trinajstić information content (AvgIpc) is 2.84. The molecule has 0 aliphatic carbocycles. The van der Waals surface area contributed by atoms with Gasteiger partial charge in [0.15, 0.2) is 0 Å². The lowest BCUT2D eigenvalue weighted by atomic mass is 10.0. The zero-order valence-electron chi connectivity index (χ0n) is 20.0. The summed E-state index contributed by atoms with van der Waals surface area (Å²) in [7, 11) is -2.08. The van der Waals surface area contributed by atoms with Crippen molar-refractivity contribution in [3.63, 3.8) is 0 Å². The second-order valence-electron chi connectivity index (χ2n) is 8.61. The van der Waals surface area contributed by atoms with Gasteiger partial charge in [-0.15, -0.1) is 0 Å². The van der Waals surface area contributed by atoms with Crippen LogP contribution in [0.2, 0.25) is 0 Å². The molecular weight excluding hydrogens is 454 g/mol. The minimum Gasteiger partial charge on any atom is -0.497 e. The van der Waals surface area contributed by atoms with Crippen molar-refractivity contribution >= 4 is 21.8 Å². The second kappa shape index (κ2) is 11.5. The predicted molar refractivity (Wildman–Crippen MR) is 130 cm³/mol. The number of nitrogens with one attached hydrogen (secondary N) is 2. The topological polar surface area (TPSA) is 105 Å². The van der Waals surface area contributed by atoms with Crippen LogP contribution in [0.3, 0.4) is 0 Å². The van der Waals surface area contributed by atoms with Gasteiger partial charge in [0.2, 0.25) is 10.0 Å². The molecule has 2 aromatic carbocycles. The fourth-order valence-electron chi connectivity index (χ4n) is 4.17. The number of benzene rings is 2. The zero-order valence-corrected chi connectivity index (χ0v) is 20.8. The third-order valence-electron chi connectivity index (χ3n) is 6.06. The van der Waals surface area contributed by atoms with E-state index in [1.165, 1.54) is 0 Å². The molecule has 34 heavy (non-hydrogen) atoms. The van der Waals surface area contributed by atoms with Crippen LogP contribution in [0.15, 0.2) is 47.4 Å². The number of piperidine rings is 1. The minimum absolute atomic E-state index is 0.202. The van der Waals surface area contributed by atoms with Gasteiger partial charge >= 0.3 is 11.8 Å². The molecule has 2 aromatic rings. The summed E-state index contributed by atoms with van der Waals surface area (Å²) in [5, 5.41) is 5.22. The third-order valence-corrected chi connectivity index (χ3v) is 8.15. The van der Waals surface area contributed by atoms with Crippen LogP contribution in [0.1, 0.15) is 42.4 Å². The van der Waals surface area contributed by atoms with Crippen LogP contribution in [-0.2, 0) is 26.2 Å². The third kappa shape index (κ3) is 6.36. The molecule has 1 atom stereocenters. The average molecular weight is 488 g/mol. The number of nitrogens with zero attached hydrogens (tertiary/aromatic N) is 1. The number of amides is 2. The van der Waals surface area contributed by atoms with Crippen LogP contribution in [-0.4, -0.2) is 50.8 Å². The van der Waals surface area contributed by atoms with E-state index < -0.39 is 21.8 Å². The van der Waals surface area contributed by atoms with Gasteiger partial charge in [0.1, 0.15) is 5.75 Å². The summed E-state index contributed by atoms with van der Waals surface area (Å²) >= 11 is 0. The molecule has 184 valence electrons. The molecule has 1 fully saturated rings. The Bertz CT molecular complexity index is 1130. The molecule has 1 aliphatic rings. The first-order chi connectivity index (χ1) is 16.2. The van der Waals surface area contributed by atoms with Crippen LogP contribution < -0.4 is 15.4 Å². The van der Waals surface area contributed by atoms with Gasteiger partial charge in [-0.2, -0.15) is 4.31 Å². The van der Waals surface area contributed by atoms with Crippen molar-refractivity contribution in [1.29, 1.82) is 0 Å². The quantitative estimate of drug-likeness (QED) is 0.557. The summed E-state index contributed by atoms with van der Waals surface area (Å²) in [6.45, 7) is 4.55. The summed E-state index contributed by atoms with van der Waals surface area (Å²) in [6.07, 6.45) is 2.90. The van der Waals surface area contributed by atoms with Crippen LogP contribution in [0, 0.1) is 13.8 Å². The van der Waals surface area contributed by atoms with Crippen LogP contribution in [0.5, 0.6) is 5.75 Å². The predicted octanol–water partition coefficient (Wildman–Crippen LogP) is 2.68. The molecule has 2 amide bonds. The summed E-state index contributed by atoms with van der Waals surface area (Å²) < 4.78 is 33.5. The largest absolute Gasteiger partial charge is 0.497 e. The van der Waals surface area contributed by atoms with Gasteiger partial charge in [0.05, 0.1) is 12.0 Å². The Labute approximate surface area is 201 Å². The van der Waals surface area contributed by atoms with E-state index in [0.717, 1.165) is 36.0 Å². The molecule has 0 spiro atoms. The number of carbonyl (C=O) groups is 2. The van der Waals surface area contributed by atoms with E-state index in [-0.39, 0.29) is 19.1 Å². The van der Waals surface area contributed by atoms with E-state index in [0.29, 0.717) is 23.6 Å². The molecule has 0 unspecified atom stereocenters. The lowest BCUT2D eigenvalue weighted by Crippen LogP contribution is -2.46. The maximum absolute atomic E-state index is 13.4. The first kappa shape index (κ1) is 25.7. The summed E-state index contributed by atoms with van der Waals surface area (Å²) in [5.74, 6) is -0.794. The molecule has 0 radical (unpaired) electrons. The summed E-state index contributed by atoms with van der Waals surface area (Å²) in [6, 6.07) is 12.4. The Morgan fingerprint density at radius 2 is 1.82 bits per heavy atom. The maximum atomic E-state index is 13.4. The van der Waals surface area contributed by atoms with Gasteiger partial charge in [-0.25, -0.2) is 8.42 Å². The Kier molecular flexibility index (Phi) is 8.68. The molecule has 0 aromatic heterocycles. The lowest BCUT2D eigenvalue weighted by Gasteiger charge is -2.35. The summed E-state index contributed by atoms with van der Waals surface area (Å²) in [4.78, 5) is 24.7. The molecule has 2 N–H and O–H groups in total. The second-order valence-corrected chi connectivity index (χ2v) is 10.5. The van der Waals surface area contributed by atoms with E-state index >= 15 is 0 Å². The highest BCUT2D eigenvalue weighted by Crippen LogP contribution is 2.29. The smallest absolute Gasteiger partial charge is 0.309 e. The molecule has 9 heteroatoms. The first-order valence-corrected chi connectivity index (χ1v) is 12.9. The fourth-order valence-corrected chi connectivity index (χ4v) is 6.20. The van der Waals surface area contributed by atoms with Crippen molar-refractivity contribution in [3.8, 4) is 5.75 Å². The maximum Gasteiger partial charge on any atom is 0.309 e. The molecule has 0 saturated carbocycles. The van der Waals surface area contributed by atoms with E-state index in [1.807, 2.05) is 31.2 Å². The number of aryl methyl sites for hydroxylation is 2. The highest BCUT2D eigenvalue weighted by atomic mass is 32.2. The van der Waals surface area contributed by atoms with Gasteiger partial charge in [0, 0.05) is 25.7 Å². The molecular formula is C25H33N3O5S. The Balaban J connectivity index is 1.55. The number of ether oxygens (including phenoxy) is 1. The van der Waals surface area contributed by atoms with E-state index in [4.69, 9.17) is 4.74 Å². The van der Waals surface area contributed by atoms with Crippen LogP contribution >= 0.6 is 0 Å². The number of methoxy groups -OCH3 is 1. The Morgan fingerprint density at radius 3 is 2.59 bits per heavy atom. The molecule has 3 rings (SSSR count). The van der Waals surface area contributed by atoms with Crippen molar-refractivity contribution in [2.75, 3.05) is 20.2 Å². The van der Waals surface area contributed by atoms with E-state index in [9.17, 15) is 18.0 Å². The number of hydrogen-bond acceptors (Lipinski definition) is 5. The molecule has 1 saturated heterocycles. The van der Waals surface area contributed by atoms with Crippen LogP contribution in [0.25, 0.3) is 0 Å². The standard InChI is InChI=1S/C25H33N3O5S/c1-18-10-11-19(2)23(15-18)34(31,32)28-14-5-4-8-21(28)12-13-26-24(29)25(30)27-17-20-7-6-9-22(16-20)33-3/h6-7,9-11,15-16,21H,4-5,8,12-14,17H2,1-3H3,(H,26,29)(H,27,30)/t21-/m0/s1. The van der Waals surface area contributed by atoms with Crippen molar-refractivity contribution in [1.82, 2.24) is 14.9 Å².